The molecular formula is C38H50. The third kappa shape index (κ3) is 7.28. The van der Waals surface area contributed by atoms with Gasteiger partial charge in [-0.15, -0.1) is 0 Å². The summed E-state index contributed by atoms with van der Waals surface area (Å²) in [5.41, 5.74) is 11.4. The van der Waals surface area contributed by atoms with Crippen LogP contribution in [-0.4, -0.2) is 0 Å². The van der Waals surface area contributed by atoms with Crippen molar-refractivity contribution in [2.24, 2.45) is 0 Å². The molecule has 4 rings (SSSR count). The number of benzene rings is 3. The molecule has 0 saturated heterocycles. The lowest BCUT2D eigenvalue weighted by molar-refractivity contribution is 0.607. The van der Waals surface area contributed by atoms with Gasteiger partial charge in [-0.05, 0) is 101 Å². The lowest BCUT2D eigenvalue weighted by atomic mass is 9.84. The first kappa shape index (κ1) is 28.4. The molecule has 0 bridgehead atoms. The van der Waals surface area contributed by atoms with E-state index < -0.39 is 0 Å². The Morgan fingerprint density at radius 1 is 0.553 bits per heavy atom. The van der Waals surface area contributed by atoms with Gasteiger partial charge in [-0.2, -0.15) is 0 Å². The van der Waals surface area contributed by atoms with Crippen LogP contribution < -0.4 is 10.4 Å². The van der Waals surface area contributed by atoms with E-state index >= 15 is 0 Å². The molecule has 0 aliphatic heterocycles. The molecule has 0 atom stereocenters. The highest BCUT2D eigenvalue weighted by molar-refractivity contribution is 5.95. The number of aryl methyl sites for hydroxylation is 3. The standard InChI is InChI=1S/C38H50/c1-5-7-9-11-13-15-19-31-21-17-23-33(26-31)35-25-29(3)38-36(30(35)4)28-37(38)34-24-18-22-32(27-34)20-16-14-12-10-8-6-2/h17-18,21-28H,5-16,19-20H2,1-4H3. The minimum Gasteiger partial charge on any atom is -0.0654 e. The third-order valence-electron chi connectivity index (χ3n) is 8.50. The number of fused-ring (bicyclic) bond motifs is 1. The number of hydrogen-bond donors (Lipinski definition) is 0. The lowest BCUT2D eigenvalue weighted by Crippen LogP contribution is -2.39. The van der Waals surface area contributed by atoms with E-state index in [1.165, 1.54) is 145 Å². The van der Waals surface area contributed by atoms with Crippen molar-refractivity contribution in [3.8, 4) is 11.1 Å². The van der Waals surface area contributed by atoms with Crippen LogP contribution in [0.5, 0.6) is 0 Å². The van der Waals surface area contributed by atoms with Crippen molar-refractivity contribution in [2.45, 2.75) is 118 Å². The summed E-state index contributed by atoms with van der Waals surface area (Å²) < 4.78 is 0. The lowest BCUT2D eigenvalue weighted by Gasteiger charge is -2.19. The second kappa shape index (κ2) is 14.5. The van der Waals surface area contributed by atoms with Gasteiger partial charge in [-0.25, -0.2) is 0 Å². The van der Waals surface area contributed by atoms with Crippen molar-refractivity contribution < 1.29 is 0 Å². The second-order valence-corrected chi connectivity index (χ2v) is 11.6. The fraction of sp³-hybridized carbons (Fsp3) is 0.474. The highest BCUT2D eigenvalue weighted by atomic mass is 14.2. The molecule has 0 heterocycles. The second-order valence-electron chi connectivity index (χ2n) is 11.6. The zero-order valence-corrected chi connectivity index (χ0v) is 24.7. The molecule has 0 radical (unpaired) electrons. The molecule has 38 heavy (non-hydrogen) atoms. The molecule has 202 valence electrons. The molecule has 0 nitrogen and oxygen atoms in total. The van der Waals surface area contributed by atoms with Gasteiger partial charge in [0, 0.05) is 0 Å². The predicted octanol–water partition coefficient (Wildman–Crippen LogP) is 9.77. The minimum atomic E-state index is 1.20. The van der Waals surface area contributed by atoms with Gasteiger partial charge in [0.25, 0.3) is 0 Å². The number of hydrogen-bond acceptors (Lipinski definition) is 0. The van der Waals surface area contributed by atoms with E-state index in [4.69, 9.17) is 0 Å². The molecule has 0 amide bonds. The van der Waals surface area contributed by atoms with E-state index in [0.717, 1.165) is 0 Å². The highest BCUT2D eigenvalue weighted by Crippen LogP contribution is 2.27. The summed E-state index contributed by atoms with van der Waals surface area (Å²) in [6.07, 6.45) is 21.1. The van der Waals surface area contributed by atoms with Crippen molar-refractivity contribution in [1.29, 1.82) is 0 Å². The van der Waals surface area contributed by atoms with Crippen LogP contribution in [0, 0.1) is 13.8 Å². The van der Waals surface area contributed by atoms with Crippen molar-refractivity contribution in [3.63, 3.8) is 0 Å². The van der Waals surface area contributed by atoms with Crippen LogP contribution in [0.2, 0.25) is 0 Å². The summed E-state index contributed by atoms with van der Waals surface area (Å²) in [6.45, 7) is 9.20. The monoisotopic (exact) mass is 506 g/mol. The Hall–Kier alpha value is -2.60. The average molecular weight is 507 g/mol. The topological polar surface area (TPSA) is 0 Å². The first-order chi connectivity index (χ1) is 18.6. The Bertz CT molecular complexity index is 1310. The van der Waals surface area contributed by atoms with Gasteiger partial charge in [-0.1, -0.05) is 133 Å². The summed E-state index contributed by atoms with van der Waals surface area (Å²) in [4.78, 5) is 0. The van der Waals surface area contributed by atoms with Gasteiger partial charge < -0.3 is 0 Å². The van der Waals surface area contributed by atoms with Gasteiger partial charge in [0.1, 0.15) is 0 Å². The molecule has 0 N–H and O–H groups in total. The van der Waals surface area contributed by atoms with Crippen LogP contribution in [0.1, 0.15) is 119 Å². The Morgan fingerprint density at radius 2 is 1.08 bits per heavy atom. The molecule has 1 aliphatic carbocycles. The third-order valence-corrected chi connectivity index (χ3v) is 8.50. The van der Waals surface area contributed by atoms with Crippen LogP contribution >= 0.6 is 0 Å². The molecule has 0 heteroatoms. The van der Waals surface area contributed by atoms with E-state index in [-0.39, 0.29) is 0 Å². The smallest absolute Gasteiger partial charge is 0.00726 e. The Morgan fingerprint density at radius 3 is 1.68 bits per heavy atom. The molecule has 1 aliphatic rings. The van der Waals surface area contributed by atoms with E-state index in [9.17, 15) is 0 Å². The maximum Gasteiger partial charge on any atom is -0.00726 e. The van der Waals surface area contributed by atoms with Crippen molar-refractivity contribution in [3.05, 3.63) is 92.9 Å². The molecule has 0 aromatic heterocycles. The summed E-state index contributed by atoms with van der Waals surface area (Å²) in [5, 5.41) is 2.91. The Kier molecular flexibility index (Phi) is 10.9. The van der Waals surface area contributed by atoms with Gasteiger partial charge in [0.2, 0.25) is 0 Å². The number of rotatable bonds is 16. The fourth-order valence-electron chi connectivity index (χ4n) is 6.15. The van der Waals surface area contributed by atoms with Crippen LogP contribution in [-0.2, 0) is 12.8 Å². The van der Waals surface area contributed by atoms with Gasteiger partial charge >= 0.3 is 0 Å². The molecule has 0 fully saturated rings. The van der Waals surface area contributed by atoms with Gasteiger partial charge in [-0.3, -0.25) is 0 Å². The molecular weight excluding hydrogens is 456 g/mol. The summed E-state index contributed by atoms with van der Waals surface area (Å²) in [7, 11) is 0. The summed E-state index contributed by atoms with van der Waals surface area (Å²) in [6, 6.07) is 21.1. The highest BCUT2D eigenvalue weighted by Gasteiger charge is 2.16. The molecule has 3 aromatic carbocycles. The summed E-state index contributed by atoms with van der Waals surface area (Å²) in [5.74, 6) is 0. The maximum absolute atomic E-state index is 2.44. The molecule has 0 saturated carbocycles. The Labute approximate surface area is 232 Å². The predicted molar refractivity (Wildman–Crippen MR) is 168 cm³/mol. The average Bonchev–Trinajstić information content (AvgIpc) is 2.90. The fourth-order valence-corrected chi connectivity index (χ4v) is 6.15. The quantitative estimate of drug-likeness (QED) is 0.170. The van der Waals surface area contributed by atoms with E-state index in [1.807, 2.05) is 0 Å². The first-order valence-corrected chi connectivity index (χ1v) is 15.7. The summed E-state index contributed by atoms with van der Waals surface area (Å²) >= 11 is 0. The van der Waals surface area contributed by atoms with E-state index in [1.54, 1.807) is 0 Å². The zero-order chi connectivity index (χ0) is 26.7. The van der Waals surface area contributed by atoms with Gasteiger partial charge in [0.05, 0.1) is 0 Å². The van der Waals surface area contributed by atoms with Crippen molar-refractivity contribution >= 4 is 11.6 Å². The maximum atomic E-state index is 2.44. The van der Waals surface area contributed by atoms with Crippen LogP contribution in [0.3, 0.4) is 0 Å². The van der Waals surface area contributed by atoms with Crippen LogP contribution in [0.4, 0.5) is 0 Å². The SMILES string of the molecule is CCCCCCCCc1cccc(C2=c3c(C)cc(-c4cccc(CCCCCCCC)c4)c(C)c3=C2)c1. The minimum absolute atomic E-state index is 1.20. The number of unbranched alkanes of at least 4 members (excludes halogenated alkanes) is 10. The Balaban J connectivity index is 1.46. The largest absolute Gasteiger partial charge is 0.0654 e. The van der Waals surface area contributed by atoms with Crippen molar-refractivity contribution in [2.75, 3.05) is 0 Å². The molecule has 0 unspecified atom stereocenters. The van der Waals surface area contributed by atoms with Gasteiger partial charge in [0.15, 0.2) is 0 Å². The van der Waals surface area contributed by atoms with Crippen molar-refractivity contribution in [1.82, 2.24) is 0 Å². The normalized spacial score (nSPS) is 12.3. The zero-order valence-electron chi connectivity index (χ0n) is 24.7. The van der Waals surface area contributed by atoms with E-state index in [2.05, 4.69) is 88.4 Å². The first-order valence-electron chi connectivity index (χ1n) is 15.7. The van der Waals surface area contributed by atoms with Crippen LogP contribution in [0.25, 0.3) is 22.8 Å². The van der Waals surface area contributed by atoms with Crippen LogP contribution in [0.15, 0.2) is 54.6 Å². The van der Waals surface area contributed by atoms with E-state index in [0.29, 0.717) is 0 Å². The molecule has 0 spiro atoms. The molecule has 3 aromatic rings.